The Morgan fingerprint density at radius 2 is 1.81 bits per heavy atom. The van der Waals surface area contributed by atoms with E-state index in [9.17, 15) is 5.26 Å². The van der Waals surface area contributed by atoms with Gasteiger partial charge in [-0.2, -0.15) is 15.8 Å². The number of hydrogen-bond donors (Lipinski definition) is 1. The van der Waals surface area contributed by atoms with Crippen LogP contribution in [0.15, 0.2) is 23.8 Å². The summed E-state index contributed by atoms with van der Waals surface area (Å²) in [5.41, 5.74) is 2.54. The Hall–Kier alpha value is -2.77. The Morgan fingerprint density at radius 3 is 2.33 bits per heavy atom. The lowest BCUT2D eigenvalue weighted by Crippen LogP contribution is -2.05. The Kier molecular flexibility index (Phi) is 6.52. The topological polar surface area (TPSA) is 83.4 Å². The molecule has 4 heteroatoms. The van der Waals surface area contributed by atoms with E-state index in [1.165, 1.54) is 0 Å². The van der Waals surface area contributed by atoms with Crippen LogP contribution in [0.25, 0.3) is 5.57 Å². The Bertz CT molecular complexity index is 635. The first-order valence-electron chi connectivity index (χ1n) is 7.03. The Balaban J connectivity index is 3.35. The summed E-state index contributed by atoms with van der Waals surface area (Å²) in [6.07, 6.45) is 2.97. The number of allylic oxidation sites excluding steroid dienone is 2. The summed E-state index contributed by atoms with van der Waals surface area (Å²) in [4.78, 5) is 0. The molecule has 0 atom stereocenters. The van der Waals surface area contributed by atoms with Gasteiger partial charge in [0.15, 0.2) is 0 Å². The molecule has 0 bridgehead atoms. The molecule has 0 heterocycles. The highest BCUT2D eigenvalue weighted by Gasteiger charge is 2.13. The molecule has 1 aromatic rings. The van der Waals surface area contributed by atoms with Gasteiger partial charge < -0.3 is 5.32 Å². The van der Waals surface area contributed by atoms with Crippen LogP contribution in [0.5, 0.6) is 0 Å². The van der Waals surface area contributed by atoms with Crippen molar-refractivity contribution in [3.05, 3.63) is 34.9 Å². The van der Waals surface area contributed by atoms with E-state index in [0.29, 0.717) is 5.56 Å². The summed E-state index contributed by atoms with van der Waals surface area (Å²) < 4.78 is 0. The molecule has 4 nitrogen and oxygen atoms in total. The zero-order valence-corrected chi connectivity index (χ0v) is 12.4. The van der Waals surface area contributed by atoms with Gasteiger partial charge in [-0.3, -0.25) is 0 Å². The molecule has 0 unspecified atom stereocenters. The normalized spacial score (nSPS) is 9.10. The van der Waals surface area contributed by atoms with Gasteiger partial charge >= 0.3 is 0 Å². The number of rotatable bonds is 6. The second-order valence-corrected chi connectivity index (χ2v) is 4.60. The van der Waals surface area contributed by atoms with Crippen molar-refractivity contribution in [2.24, 2.45) is 0 Å². The maximum absolute atomic E-state index is 9.30. The SMILES string of the molecule is CCCCNc1cc(CC)ccc1C(C#N)=C(C#N)C#N. The maximum atomic E-state index is 9.30. The second kappa shape index (κ2) is 8.41. The van der Waals surface area contributed by atoms with Crippen LogP contribution >= 0.6 is 0 Å². The molecule has 106 valence electrons. The van der Waals surface area contributed by atoms with Crippen molar-refractivity contribution in [2.45, 2.75) is 33.1 Å². The smallest absolute Gasteiger partial charge is 0.148 e. The quantitative estimate of drug-likeness (QED) is 0.634. The van der Waals surface area contributed by atoms with Crippen molar-refractivity contribution in [2.75, 3.05) is 11.9 Å². The van der Waals surface area contributed by atoms with Crippen LogP contribution in [0, 0.1) is 34.0 Å². The summed E-state index contributed by atoms with van der Waals surface area (Å²) in [5.74, 6) is 0. The van der Waals surface area contributed by atoms with Crippen LogP contribution in [0.1, 0.15) is 37.8 Å². The number of hydrogen-bond acceptors (Lipinski definition) is 4. The van der Waals surface area contributed by atoms with Gasteiger partial charge in [-0.25, -0.2) is 0 Å². The molecule has 1 aromatic carbocycles. The number of aryl methyl sites for hydroxylation is 1. The predicted octanol–water partition coefficient (Wildman–Crippen LogP) is 3.79. The van der Waals surface area contributed by atoms with Crippen molar-refractivity contribution in [3.8, 4) is 18.2 Å². The monoisotopic (exact) mass is 278 g/mol. The fourth-order valence-electron chi connectivity index (χ4n) is 1.96. The van der Waals surface area contributed by atoms with Crippen LogP contribution in [0.4, 0.5) is 5.69 Å². The van der Waals surface area contributed by atoms with Crippen molar-refractivity contribution >= 4 is 11.3 Å². The fraction of sp³-hybridized carbons (Fsp3) is 0.353. The number of nitrogens with one attached hydrogen (secondary N) is 1. The molecule has 0 fully saturated rings. The molecule has 0 amide bonds. The molecule has 0 saturated heterocycles. The molecule has 0 aromatic heterocycles. The van der Waals surface area contributed by atoms with E-state index in [-0.39, 0.29) is 11.1 Å². The molecule has 0 aliphatic rings. The van der Waals surface area contributed by atoms with Crippen LogP contribution in [-0.2, 0) is 6.42 Å². The van der Waals surface area contributed by atoms with Crippen LogP contribution in [0.3, 0.4) is 0 Å². The molecule has 0 aliphatic heterocycles. The van der Waals surface area contributed by atoms with Crippen molar-refractivity contribution in [1.29, 1.82) is 15.8 Å². The first-order chi connectivity index (χ1) is 10.2. The number of nitrogens with zero attached hydrogens (tertiary/aromatic N) is 3. The lowest BCUT2D eigenvalue weighted by Gasteiger charge is -2.13. The molecule has 0 spiro atoms. The van der Waals surface area contributed by atoms with Gasteiger partial charge in [0, 0.05) is 17.8 Å². The first-order valence-corrected chi connectivity index (χ1v) is 7.03. The molecule has 1 rings (SSSR count). The van der Waals surface area contributed by atoms with Gasteiger partial charge in [-0.05, 0) is 24.5 Å². The highest BCUT2D eigenvalue weighted by Crippen LogP contribution is 2.27. The van der Waals surface area contributed by atoms with Gasteiger partial charge in [0.05, 0.1) is 5.57 Å². The lowest BCUT2D eigenvalue weighted by atomic mass is 9.98. The summed E-state index contributed by atoms with van der Waals surface area (Å²) >= 11 is 0. The fourth-order valence-corrected chi connectivity index (χ4v) is 1.96. The van der Waals surface area contributed by atoms with E-state index in [0.717, 1.165) is 37.1 Å². The van der Waals surface area contributed by atoms with Crippen molar-refractivity contribution in [1.82, 2.24) is 0 Å². The van der Waals surface area contributed by atoms with E-state index in [1.807, 2.05) is 18.2 Å². The molecular formula is C17H18N4. The van der Waals surface area contributed by atoms with E-state index < -0.39 is 0 Å². The van der Waals surface area contributed by atoms with E-state index in [1.54, 1.807) is 18.2 Å². The van der Waals surface area contributed by atoms with E-state index in [4.69, 9.17) is 10.5 Å². The average molecular weight is 278 g/mol. The highest BCUT2D eigenvalue weighted by molar-refractivity contribution is 5.89. The molecule has 0 radical (unpaired) electrons. The molecule has 0 aliphatic carbocycles. The number of benzene rings is 1. The van der Waals surface area contributed by atoms with E-state index >= 15 is 0 Å². The second-order valence-electron chi connectivity index (χ2n) is 4.60. The molecule has 21 heavy (non-hydrogen) atoms. The van der Waals surface area contributed by atoms with Crippen LogP contribution < -0.4 is 5.32 Å². The summed E-state index contributed by atoms with van der Waals surface area (Å²) in [7, 11) is 0. The third-order valence-corrected chi connectivity index (χ3v) is 3.19. The zero-order chi connectivity index (χ0) is 15.7. The van der Waals surface area contributed by atoms with Crippen LogP contribution in [-0.4, -0.2) is 6.54 Å². The standard InChI is InChI=1S/C17H18N4/c1-3-5-8-21-17-9-13(4-2)6-7-15(17)16(12-20)14(10-18)11-19/h6-7,9,21H,3-5,8H2,1-2H3. The minimum Gasteiger partial charge on any atom is -0.385 e. The third-order valence-electron chi connectivity index (χ3n) is 3.19. The minimum absolute atomic E-state index is 0.127. The average Bonchev–Trinajstić information content (AvgIpc) is 2.53. The van der Waals surface area contributed by atoms with Crippen molar-refractivity contribution in [3.63, 3.8) is 0 Å². The zero-order valence-electron chi connectivity index (χ0n) is 12.4. The largest absolute Gasteiger partial charge is 0.385 e. The summed E-state index contributed by atoms with van der Waals surface area (Å²) in [6, 6.07) is 11.3. The molecule has 1 N–H and O–H groups in total. The van der Waals surface area contributed by atoms with E-state index in [2.05, 4.69) is 19.2 Å². The minimum atomic E-state index is -0.153. The van der Waals surface area contributed by atoms with Gasteiger partial charge in [0.2, 0.25) is 0 Å². The number of nitriles is 3. The third kappa shape index (κ3) is 4.10. The Morgan fingerprint density at radius 1 is 1.10 bits per heavy atom. The van der Waals surface area contributed by atoms with Crippen LogP contribution in [0.2, 0.25) is 0 Å². The van der Waals surface area contributed by atoms with Gasteiger partial charge in [-0.15, -0.1) is 0 Å². The van der Waals surface area contributed by atoms with Gasteiger partial charge in [0.1, 0.15) is 23.8 Å². The molecular weight excluding hydrogens is 260 g/mol. The number of unbranched alkanes of at least 4 members (excludes halogenated alkanes) is 1. The molecule has 0 saturated carbocycles. The van der Waals surface area contributed by atoms with Crippen molar-refractivity contribution < 1.29 is 0 Å². The first kappa shape index (κ1) is 16.3. The predicted molar refractivity (Wildman–Crippen MR) is 83.0 cm³/mol. The maximum Gasteiger partial charge on any atom is 0.148 e. The number of anilines is 1. The van der Waals surface area contributed by atoms with Gasteiger partial charge in [0.25, 0.3) is 0 Å². The summed E-state index contributed by atoms with van der Waals surface area (Å²) in [6.45, 7) is 4.96. The highest BCUT2D eigenvalue weighted by atomic mass is 14.9. The summed E-state index contributed by atoms with van der Waals surface area (Å²) in [5, 5.41) is 30.6. The lowest BCUT2D eigenvalue weighted by molar-refractivity contribution is 0.834. The Labute approximate surface area is 125 Å². The van der Waals surface area contributed by atoms with Gasteiger partial charge in [-0.1, -0.05) is 32.4 Å².